The molecule has 1 atom stereocenters. The maximum atomic E-state index is 11.6. The van der Waals surface area contributed by atoms with Gasteiger partial charge in [0.25, 0.3) is 0 Å². The van der Waals surface area contributed by atoms with E-state index in [9.17, 15) is 9.90 Å². The lowest BCUT2D eigenvalue weighted by Gasteiger charge is -2.39. The van der Waals surface area contributed by atoms with E-state index in [0.29, 0.717) is 6.54 Å². The van der Waals surface area contributed by atoms with Crippen molar-refractivity contribution >= 4 is 11.9 Å². The molecule has 0 unspecified atom stereocenters. The van der Waals surface area contributed by atoms with Crippen LogP contribution in [0.1, 0.15) is 52.4 Å². The monoisotopic (exact) mass is 270 g/mol. The molecular formula is C13H26N4O2. The van der Waals surface area contributed by atoms with Gasteiger partial charge >= 0.3 is 5.97 Å². The molecule has 1 aliphatic carbocycles. The van der Waals surface area contributed by atoms with Gasteiger partial charge in [0.15, 0.2) is 5.96 Å². The van der Waals surface area contributed by atoms with Crippen molar-refractivity contribution in [2.24, 2.45) is 16.5 Å². The first kappa shape index (κ1) is 15.8. The van der Waals surface area contributed by atoms with Crippen molar-refractivity contribution in [3.63, 3.8) is 0 Å². The molecule has 1 rings (SSSR count). The number of nitrogens with zero attached hydrogens (tertiary/aromatic N) is 2. The highest BCUT2D eigenvalue weighted by atomic mass is 16.4. The van der Waals surface area contributed by atoms with Crippen molar-refractivity contribution < 1.29 is 9.90 Å². The number of carboxylic acid groups (broad SMARTS) is 1. The maximum absolute atomic E-state index is 11.6. The highest BCUT2D eigenvalue weighted by Gasteiger charge is 2.42. The zero-order valence-corrected chi connectivity index (χ0v) is 11.9. The first-order valence-electron chi connectivity index (χ1n) is 7.02. The van der Waals surface area contributed by atoms with Crippen LogP contribution in [0.3, 0.4) is 0 Å². The van der Waals surface area contributed by atoms with Crippen LogP contribution < -0.4 is 11.5 Å². The van der Waals surface area contributed by atoms with Gasteiger partial charge in [-0.05, 0) is 26.3 Å². The molecule has 0 amide bonds. The number of guanidine groups is 1. The summed E-state index contributed by atoms with van der Waals surface area (Å²) < 4.78 is 0. The summed E-state index contributed by atoms with van der Waals surface area (Å²) in [5.41, 5.74) is 9.44. The number of aliphatic carboxylic acids is 1. The van der Waals surface area contributed by atoms with Crippen LogP contribution in [0.5, 0.6) is 0 Å². The lowest BCUT2D eigenvalue weighted by molar-refractivity contribution is -0.152. The predicted octanol–water partition coefficient (Wildman–Crippen LogP) is 1.11. The molecule has 1 saturated carbocycles. The Labute approximate surface area is 114 Å². The molecule has 5 N–H and O–H groups in total. The minimum absolute atomic E-state index is 0.183. The van der Waals surface area contributed by atoms with Crippen molar-refractivity contribution in [2.75, 3.05) is 6.54 Å². The van der Waals surface area contributed by atoms with E-state index in [-0.39, 0.29) is 12.0 Å². The summed E-state index contributed by atoms with van der Waals surface area (Å²) in [7, 11) is 0. The van der Waals surface area contributed by atoms with E-state index in [2.05, 4.69) is 4.99 Å². The topological polar surface area (TPSA) is 105 Å². The molecule has 0 heterocycles. The largest absolute Gasteiger partial charge is 0.478 e. The quantitative estimate of drug-likeness (QED) is 0.394. The van der Waals surface area contributed by atoms with Gasteiger partial charge in [-0.15, -0.1) is 0 Å². The summed E-state index contributed by atoms with van der Waals surface area (Å²) in [6.07, 6.45) is 6.74. The minimum atomic E-state index is -1.37. The number of nitrogens with two attached hydrogens (primary N) is 2. The molecule has 0 aromatic carbocycles. The van der Waals surface area contributed by atoms with Crippen molar-refractivity contribution in [1.29, 1.82) is 0 Å². The Bertz CT molecular complexity index is 334. The van der Waals surface area contributed by atoms with Crippen molar-refractivity contribution in [2.45, 2.75) is 64.1 Å². The second-order valence-corrected chi connectivity index (χ2v) is 5.29. The van der Waals surface area contributed by atoms with E-state index in [1.165, 1.54) is 12.8 Å². The number of likely N-dealkylation sites (N-methyl/N-ethyl adjacent to an activating group) is 1. The molecule has 0 saturated heterocycles. The summed E-state index contributed by atoms with van der Waals surface area (Å²) in [5, 5.41) is 9.52. The van der Waals surface area contributed by atoms with Crippen LogP contribution in [0.4, 0.5) is 0 Å². The third-order valence-electron chi connectivity index (χ3n) is 3.92. The summed E-state index contributed by atoms with van der Waals surface area (Å²) >= 11 is 0. The van der Waals surface area contributed by atoms with E-state index in [0.717, 1.165) is 25.7 Å². The van der Waals surface area contributed by atoms with E-state index in [4.69, 9.17) is 11.5 Å². The molecule has 0 spiro atoms. The molecule has 19 heavy (non-hydrogen) atoms. The number of carboxylic acids is 1. The van der Waals surface area contributed by atoms with E-state index in [1.54, 1.807) is 6.92 Å². The van der Waals surface area contributed by atoms with E-state index < -0.39 is 11.6 Å². The van der Waals surface area contributed by atoms with Crippen molar-refractivity contribution in [3.8, 4) is 0 Å². The van der Waals surface area contributed by atoms with E-state index >= 15 is 0 Å². The van der Waals surface area contributed by atoms with Gasteiger partial charge in [-0.2, -0.15) is 0 Å². The SMILES string of the molecule is CCN(C1CCCCCC1)[C@](C)(N=C(N)N)C(=O)O. The van der Waals surface area contributed by atoms with Crippen LogP contribution in [0.15, 0.2) is 4.99 Å². The normalized spacial score (nSPS) is 20.6. The Morgan fingerprint density at radius 2 is 1.84 bits per heavy atom. The second-order valence-electron chi connectivity index (χ2n) is 5.29. The number of hydrogen-bond acceptors (Lipinski definition) is 3. The summed E-state index contributed by atoms with van der Waals surface area (Å²) in [5.74, 6) is -1.19. The number of aliphatic imine (C=N–C) groups is 1. The standard InChI is InChI=1S/C13H26N4O2/c1-3-17(10-8-6-4-5-7-9-10)13(2,11(18)19)16-12(14)15/h10H,3-9H2,1-2H3,(H,18,19)(H4,14,15,16)/t13-/m0/s1. The van der Waals surface area contributed by atoms with Gasteiger partial charge < -0.3 is 16.6 Å². The number of hydrogen-bond donors (Lipinski definition) is 3. The zero-order valence-electron chi connectivity index (χ0n) is 11.9. The Morgan fingerprint density at radius 1 is 1.32 bits per heavy atom. The highest BCUT2D eigenvalue weighted by Crippen LogP contribution is 2.28. The zero-order chi connectivity index (χ0) is 14.5. The molecule has 0 aromatic rings. The van der Waals surface area contributed by atoms with Crippen molar-refractivity contribution in [3.05, 3.63) is 0 Å². The van der Waals surface area contributed by atoms with Gasteiger partial charge in [-0.25, -0.2) is 9.79 Å². The lowest BCUT2D eigenvalue weighted by Crippen LogP contribution is -2.56. The molecule has 0 aliphatic heterocycles. The Balaban J connectivity index is 3.01. The molecule has 0 bridgehead atoms. The van der Waals surface area contributed by atoms with Crippen LogP contribution in [0.2, 0.25) is 0 Å². The van der Waals surface area contributed by atoms with Gasteiger partial charge in [0, 0.05) is 6.04 Å². The van der Waals surface area contributed by atoms with E-state index in [1.807, 2.05) is 11.8 Å². The molecule has 6 heteroatoms. The summed E-state index contributed by atoms with van der Waals surface area (Å²) in [4.78, 5) is 17.5. The van der Waals surface area contributed by atoms with Gasteiger partial charge in [-0.3, -0.25) is 4.90 Å². The van der Waals surface area contributed by atoms with Gasteiger partial charge in [0.05, 0.1) is 0 Å². The van der Waals surface area contributed by atoms with Crippen molar-refractivity contribution in [1.82, 2.24) is 4.90 Å². The maximum Gasteiger partial charge on any atom is 0.346 e. The van der Waals surface area contributed by atoms with Crippen LogP contribution >= 0.6 is 0 Å². The fraction of sp³-hybridized carbons (Fsp3) is 0.846. The average molecular weight is 270 g/mol. The lowest BCUT2D eigenvalue weighted by atomic mass is 10.0. The predicted molar refractivity (Wildman–Crippen MR) is 75.7 cm³/mol. The average Bonchev–Trinajstić information content (AvgIpc) is 2.57. The first-order chi connectivity index (χ1) is 8.91. The number of carbonyl (C=O) groups is 1. The van der Waals surface area contributed by atoms with Crippen LogP contribution in [0.25, 0.3) is 0 Å². The molecular weight excluding hydrogens is 244 g/mol. The fourth-order valence-electron chi connectivity index (χ4n) is 2.98. The molecule has 0 radical (unpaired) electrons. The first-order valence-corrected chi connectivity index (χ1v) is 7.02. The molecule has 0 aromatic heterocycles. The van der Waals surface area contributed by atoms with Gasteiger partial charge in [0.2, 0.25) is 5.66 Å². The molecule has 110 valence electrons. The van der Waals surface area contributed by atoms with Crippen LogP contribution in [-0.4, -0.2) is 40.2 Å². The van der Waals surface area contributed by atoms with Gasteiger partial charge in [0.1, 0.15) is 0 Å². The Morgan fingerprint density at radius 3 is 2.21 bits per heavy atom. The summed E-state index contributed by atoms with van der Waals surface area (Å²) in [6, 6.07) is 0.233. The van der Waals surface area contributed by atoms with Crippen LogP contribution in [0, 0.1) is 0 Å². The summed E-state index contributed by atoms with van der Waals surface area (Å²) in [6.45, 7) is 4.14. The smallest absolute Gasteiger partial charge is 0.346 e. The second kappa shape index (κ2) is 6.75. The third-order valence-corrected chi connectivity index (χ3v) is 3.92. The minimum Gasteiger partial charge on any atom is -0.478 e. The molecule has 1 aliphatic rings. The highest BCUT2D eigenvalue weighted by molar-refractivity contribution is 5.84. The fourth-order valence-corrected chi connectivity index (χ4v) is 2.98. The molecule has 6 nitrogen and oxygen atoms in total. The Kier molecular flexibility index (Phi) is 5.60. The number of rotatable bonds is 5. The Hall–Kier alpha value is -1.30. The van der Waals surface area contributed by atoms with Crippen LogP contribution in [-0.2, 0) is 4.79 Å². The van der Waals surface area contributed by atoms with Gasteiger partial charge in [-0.1, -0.05) is 32.6 Å². The molecule has 1 fully saturated rings. The third kappa shape index (κ3) is 3.83.